The molecule has 0 aliphatic carbocycles. The SMILES string of the molecule is CC(C)C[C@@H](C(=O)C(C)C)c1ccccc1. The van der Waals surface area contributed by atoms with Gasteiger partial charge in [0.15, 0.2) is 0 Å². The van der Waals surface area contributed by atoms with Crippen molar-refractivity contribution in [2.24, 2.45) is 11.8 Å². The zero-order valence-electron chi connectivity index (χ0n) is 10.7. The van der Waals surface area contributed by atoms with E-state index in [2.05, 4.69) is 26.0 Å². The first-order valence-corrected chi connectivity index (χ1v) is 6.11. The number of rotatable bonds is 5. The molecule has 0 N–H and O–H groups in total. The molecule has 1 nitrogen and oxygen atoms in total. The Morgan fingerprint density at radius 3 is 2.06 bits per heavy atom. The highest BCUT2D eigenvalue weighted by Gasteiger charge is 2.23. The number of ketones is 1. The van der Waals surface area contributed by atoms with Gasteiger partial charge in [-0.25, -0.2) is 0 Å². The van der Waals surface area contributed by atoms with E-state index in [9.17, 15) is 4.79 Å². The van der Waals surface area contributed by atoms with Crippen molar-refractivity contribution in [1.29, 1.82) is 0 Å². The predicted molar refractivity (Wildman–Crippen MR) is 68.5 cm³/mol. The molecule has 0 aromatic heterocycles. The lowest BCUT2D eigenvalue weighted by Gasteiger charge is -2.20. The third-order valence-electron chi connectivity index (χ3n) is 2.82. The fourth-order valence-corrected chi connectivity index (χ4v) is 1.98. The number of Topliss-reactive ketones (excluding diaryl/α,β-unsaturated/α-hetero) is 1. The standard InChI is InChI=1S/C15H22O/c1-11(2)10-14(15(16)12(3)4)13-8-6-5-7-9-13/h5-9,11-12,14H,10H2,1-4H3/t14-/m1/s1. The van der Waals surface area contributed by atoms with Gasteiger partial charge in [-0.1, -0.05) is 58.0 Å². The Bertz CT molecular complexity index is 325. The van der Waals surface area contributed by atoms with Crippen molar-refractivity contribution in [3.63, 3.8) is 0 Å². The normalized spacial score (nSPS) is 13.1. The van der Waals surface area contributed by atoms with Gasteiger partial charge < -0.3 is 0 Å². The Morgan fingerprint density at radius 1 is 1.06 bits per heavy atom. The summed E-state index contributed by atoms with van der Waals surface area (Å²) >= 11 is 0. The Hall–Kier alpha value is -1.11. The maximum atomic E-state index is 12.2. The van der Waals surface area contributed by atoms with E-state index in [1.807, 2.05) is 32.0 Å². The largest absolute Gasteiger partial charge is 0.299 e. The van der Waals surface area contributed by atoms with Crippen molar-refractivity contribution in [3.05, 3.63) is 35.9 Å². The summed E-state index contributed by atoms with van der Waals surface area (Å²) in [6, 6.07) is 10.1. The van der Waals surface area contributed by atoms with Crippen molar-refractivity contribution in [2.75, 3.05) is 0 Å². The predicted octanol–water partition coefficient (Wildman–Crippen LogP) is 4.04. The molecule has 0 saturated carbocycles. The van der Waals surface area contributed by atoms with Crippen molar-refractivity contribution in [1.82, 2.24) is 0 Å². The molecule has 16 heavy (non-hydrogen) atoms. The van der Waals surface area contributed by atoms with Gasteiger partial charge in [-0.2, -0.15) is 0 Å². The number of benzene rings is 1. The summed E-state index contributed by atoms with van der Waals surface area (Å²) in [7, 11) is 0. The Balaban J connectivity index is 2.92. The van der Waals surface area contributed by atoms with E-state index in [0.29, 0.717) is 11.7 Å². The molecule has 0 spiro atoms. The first-order chi connectivity index (χ1) is 7.52. The highest BCUT2D eigenvalue weighted by atomic mass is 16.1. The van der Waals surface area contributed by atoms with Crippen LogP contribution in [-0.2, 0) is 4.79 Å². The van der Waals surface area contributed by atoms with Crippen LogP contribution < -0.4 is 0 Å². The van der Waals surface area contributed by atoms with Crippen LogP contribution in [0.25, 0.3) is 0 Å². The fraction of sp³-hybridized carbons (Fsp3) is 0.533. The lowest BCUT2D eigenvalue weighted by molar-refractivity contribution is -0.123. The van der Waals surface area contributed by atoms with Gasteiger partial charge in [-0.15, -0.1) is 0 Å². The lowest BCUT2D eigenvalue weighted by Crippen LogP contribution is -2.19. The minimum atomic E-state index is 0.0706. The van der Waals surface area contributed by atoms with Gasteiger partial charge in [0.05, 0.1) is 0 Å². The molecule has 0 bridgehead atoms. The van der Waals surface area contributed by atoms with E-state index in [1.54, 1.807) is 0 Å². The van der Waals surface area contributed by atoms with Crippen LogP contribution in [0.3, 0.4) is 0 Å². The van der Waals surface area contributed by atoms with Crippen LogP contribution in [-0.4, -0.2) is 5.78 Å². The Labute approximate surface area is 98.9 Å². The van der Waals surface area contributed by atoms with E-state index in [0.717, 1.165) is 12.0 Å². The molecule has 1 aromatic carbocycles. The molecule has 1 atom stereocenters. The number of hydrogen-bond acceptors (Lipinski definition) is 1. The summed E-state index contributed by atoms with van der Waals surface area (Å²) in [5, 5.41) is 0. The van der Waals surface area contributed by atoms with Crippen LogP contribution in [0.4, 0.5) is 0 Å². The molecular weight excluding hydrogens is 196 g/mol. The lowest BCUT2D eigenvalue weighted by atomic mass is 9.83. The molecule has 0 unspecified atom stereocenters. The smallest absolute Gasteiger partial charge is 0.142 e. The first kappa shape index (κ1) is 13.0. The summed E-state index contributed by atoms with van der Waals surface area (Å²) < 4.78 is 0. The van der Waals surface area contributed by atoms with E-state index >= 15 is 0 Å². The second-order valence-corrected chi connectivity index (χ2v) is 5.15. The minimum absolute atomic E-state index is 0.0706. The molecule has 0 radical (unpaired) electrons. The van der Waals surface area contributed by atoms with Crippen molar-refractivity contribution in [2.45, 2.75) is 40.0 Å². The molecule has 0 saturated heterocycles. The van der Waals surface area contributed by atoms with Gasteiger partial charge >= 0.3 is 0 Å². The third-order valence-corrected chi connectivity index (χ3v) is 2.82. The quantitative estimate of drug-likeness (QED) is 0.729. The first-order valence-electron chi connectivity index (χ1n) is 6.11. The summed E-state index contributed by atoms with van der Waals surface area (Å²) in [6.07, 6.45) is 0.945. The zero-order chi connectivity index (χ0) is 12.1. The van der Waals surface area contributed by atoms with Crippen LogP contribution in [0.1, 0.15) is 45.6 Å². The van der Waals surface area contributed by atoms with Crippen LogP contribution in [0.15, 0.2) is 30.3 Å². The summed E-state index contributed by atoms with van der Waals surface area (Å²) in [5.41, 5.74) is 1.16. The minimum Gasteiger partial charge on any atom is -0.299 e. The molecule has 1 aromatic rings. The molecule has 0 amide bonds. The van der Waals surface area contributed by atoms with E-state index in [4.69, 9.17) is 0 Å². The van der Waals surface area contributed by atoms with Crippen molar-refractivity contribution >= 4 is 5.78 Å². The zero-order valence-corrected chi connectivity index (χ0v) is 10.7. The van der Waals surface area contributed by atoms with Crippen LogP contribution >= 0.6 is 0 Å². The Kier molecular flexibility index (Phi) is 4.72. The molecule has 88 valence electrons. The average Bonchev–Trinajstić information content (AvgIpc) is 2.26. The second-order valence-electron chi connectivity index (χ2n) is 5.15. The molecule has 0 heterocycles. The van der Waals surface area contributed by atoms with Crippen LogP contribution in [0.2, 0.25) is 0 Å². The molecular formula is C15H22O. The van der Waals surface area contributed by atoms with Crippen LogP contribution in [0.5, 0.6) is 0 Å². The van der Waals surface area contributed by atoms with Gasteiger partial charge in [0.25, 0.3) is 0 Å². The second kappa shape index (κ2) is 5.83. The molecule has 1 heteroatoms. The summed E-state index contributed by atoms with van der Waals surface area (Å²) in [6.45, 7) is 8.31. The van der Waals surface area contributed by atoms with Gasteiger partial charge in [0.2, 0.25) is 0 Å². The van der Waals surface area contributed by atoms with Gasteiger partial charge in [-0.05, 0) is 17.9 Å². The molecule has 1 rings (SSSR count). The maximum absolute atomic E-state index is 12.2. The average molecular weight is 218 g/mol. The van der Waals surface area contributed by atoms with Crippen molar-refractivity contribution in [3.8, 4) is 0 Å². The maximum Gasteiger partial charge on any atom is 0.142 e. The highest BCUT2D eigenvalue weighted by molar-refractivity contribution is 5.87. The summed E-state index contributed by atoms with van der Waals surface area (Å²) in [5.74, 6) is 1.10. The van der Waals surface area contributed by atoms with Gasteiger partial charge in [0, 0.05) is 11.8 Å². The monoisotopic (exact) mass is 218 g/mol. The van der Waals surface area contributed by atoms with Crippen molar-refractivity contribution < 1.29 is 4.79 Å². The van der Waals surface area contributed by atoms with Gasteiger partial charge in [0.1, 0.15) is 5.78 Å². The number of hydrogen-bond donors (Lipinski definition) is 0. The van der Waals surface area contributed by atoms with E-state index < -0.39 is 0 Å². The number of carbonyl (C=O) groups is 1. The molecule has 0 aliphatic heterocycles. The third kappa shape index (κ3) is 3.48. The molecule has 0 aliphatic rings. The van der Waals surface area contributed by atoms with Gasteiger partial charge in [-0.3, -0.25) is 4.79 Å². The Morgan fingerprint density at radius 2 is 1.62 bits per heavy atom. The summed E-state index contributed by atoms with van der Waals surface area (Å²) in [4.78, 5) is 12.2. The van der Waals surface area contributed by atoms with E-state index in [1.165, 1.54) is 0 Å². The molecule has 0 fully saturated rings. The highest BCUT2D eigenvalue weighted by Crippen LogP contribution is 2.27. The fourth-order valence-electron chi connectivity index (χ4n) is 1.98. The van der Waals surface area contributed by atoms with E-state index in [-0.39, 0.29) is 11.8 Å². The van der Waals surface area contributed by atoms with Crippen LogP contribution in [0, 0.1) is 11.8 Å². The topological polar surface area (TPSA) is 17.1 Å². The number of carbonyl (C=O) groups excluding carboxylic acids is 1.